The Labute approximate surface area is 175 Å². The molecule has 1 aromatic carbocycles. The molecule has 3 aromatic rings. The normalized spacial score (nSPS) is 16.6. The number of nitrogens with zero attached hydrogens (tertiary/aromatic N) is 4. The minimum atomic E-state index is 0.209. The summed E-state index contributed by atoms with van der Waals surface area (Å²) in [5.41, 5.74) is 6.10. The molecule has 2 aliphatic rings. The van der Waals surface area contributed by atoms with Gasteiger partial charge in [0.25, 0.3) is 0 Å². The van der Waals surface area contributed by atoms with Crippen LogP contribution in [0.2, 0.25) is 0 Å². The molecule has 0 amide bonds. The average Bonchev–Trinajstić information content (AvgIpc) is 3.34. The van der Waals surface area contributed by atoms with Gasteiger partial charge in [0.05, 0.1) is 37.7 Å². The maximum absolute atomic E-state index is 12.6. The number of carbonyl (C=O) groups excluding carboxylic acids is 1. The summed E-state index contributed by atoms with van der Waals surface area (Å²) in [4.78, 5) is 21.9. The Balaban J connectivity index is 1.25. The third kappa shape index (κ3) is 3.71. The van der Waals surface area contributed by atoms with Gasteiger partial charge in [0.1, 0.15) is 5.78 Å². The van der Waals surface area contributed by atoms with Crippen molar-refractivity contribution in [3.63, 3.8) is 0 Å². The summed E-state index contributed by atoms with van der Waals surface area (Å²) in [7, 11) is 0. The van der Waals surface area contributed by atoms with Gasteiger partial charge in [0.15, 0.2) is 0 Å². The van der Waals surface area contributed by atoms with E-state index in [-0.39, 0.29) is 11.7 Å². The molecule has 0 bridgehead atoms. The van der Waals surface area contributed by atoms with Gasteiger partial charge in [-0.1, -0.05) is 37.3 Å². The molecular weight excluding hydrogens is 376 g/mol. The van der Waals surface area contributed by atoms with Crippen LogP contribution in [0.4, 0.5) is 0 Å². The average molecular weight is 400 g/mol. The van der Waals surface area contributed by atoms with Crippen LogP contribution < -0.4 is 0 Å². The van der Waals surface area contributed by atoms with Crippen LogP contribution in [0.3, 0.4) is 0 Å². The van der Waals surface area contributed by atoms with Crippen molar-refractivity contribution in [2.45, 2.75) is 38.3 Å². The van der Waals surface area contributed by atoms with Crippen molar-refractivity contribution < 1.29 is 9.53 Å². The number of hydrogen-bond donors (Lipinski definition) is 0. The Bertz CT molecular complexity index is 1100. The molecule has 5 rings (SSSR count). The molecule has 6 nitrogen and oxygen atoms in total. The van der Waals surface area contributed by atoms with E-state index in [0.717, 1.165) is 28.1 Å². The Hall–Kier alpha value is -3.12. The number of benzene rings is 1. The summed E-state index contributed by atoms with van der Waals surface area (Å²) in [5, 5.41) is 4.46. The van der Waals surface area contributed by atoms with Gasteiger partial charge in [-0.15, -0.1) is 0 Å². The van der Waals surface area contributed by atoms with E-state index in [9.17, 15) is 4.79 Å². The second kappa shape index (κ2) is 7.95. The Kier molecular flexibility index (Phi) is 5.01. The van der Waals surface area contributed by atoms with Crippen LogP contribution >= 0.6 is 0 Å². The zero-order chi connectivity index (χ0) is 20.5. The molecule has 0 N–H and O–H groups in total. The van der Waals surface area contributed by atoms with E-state index < -0.39 is 0 Å². The SMILES string of the molecule is C[C@@H](CC(=O)Cc1cc2c(cn1)C(c1cnn(C3COC3)c1)=NC2)c1ccccc1. The molecule has 2 aromatic heterocycles. The van der Waals surface area contributed by atoms with E-state index in [2.05, 4.69) is 29.1 Å². The number of ketones is 1. The minimum Gasteiger partial charge on any atom is -0.377 e. The van der Waals surface area contributed by atoms with Gasteiger partial charge < -0.3 is 4.74 Å². The van der Waals surface area contributed by atoms with Gasteiger partial charge in [-0.3, -0.25) is 19.5 Å². The van der Waals surface area contributed by atoms with Gasteiger partial charge in [-0.05, 0) is 23.1 Å². The van der Waals surface area contributed by atoms with Gasteiger partial charge in [-0.2, -0.15) is 5.10 Å². The summed E-state index contributed by atoms with van der Waals surface area (Å²) < 4.78 is 7.20. The molecule has 152 valence electrons. The highest BCUT2D eigenvalue weighted by atomic mass is 16.5. The van der Waals surface area contributed by atoms with Crippen molar-refractivity contribution in [3.8, 4) is 0 Å². The minimum absolute atomic E-state index is 0.209. The highest BCUT2D eigenvalue weighted by Gasteiger charge is 2.24. The summed E-state index contributed by atoms with van der Waals surface area (Å²) in [6, 6.07) is 12.5. The molecule has 0 saturated carbocycles. The number of ether oxygens (including phenoxy) is 1. The molecule has 2 aliphatic heterocycles. The van der Waals surface area contributed by atoms with E-state index in [1.165, 1.54) is 5.56 Å². The quantitative estimate of drug-likeness (QED) is 0.609. The van der Waals surface area contributed by atoms with E-state index in [1.807, 2.05) is 47.5 Å². The lowest BCUT2D eigenvalue weighted by atomic mass is 9.94. The van der Waals surface area contributed by atoms with Crippen LogP contribution in [0, 0.1) is 0 Å². The number of fused-ring (bicyclic) bond motifs is 1. The molecule has 1 fully saturated rings. The van der Waals surface area contributed by atoms with E-state index >= 15 is 0 Å². The van der Waals surface area contributed by atoms with Crippen molar-refractivity contribution in [2.24, 2.45) is 4.99 Å². The van der Waals surface area contributed by atoms with E-state index in [0.29, 0.717) is 38.6 Å². The topological polar surface area (TPSA) is 69.4 Å². The Morgan fingerprint density at radius 2 is 2.07 bits per heavy atom. The number of hydrogen-bond acceptors (Lipinski definition) is 5. The summed E-state index contributed by atoms with van der Waals surface area (Å²) in [6.07, 6.45) is 6.63. The van der Waals surface area contributed by atoms with Crippen molar-refractivity contribution >= 4 is 11.5 Å². The van der Waals surface area contributed by atoms with Crippen LogP contribution in [0.15, 0.2) is 60.0 Å². The molecule has 30 heavy (non-hydrogen) atoms. The molecule has 0 spiro atoms. The zero-order valence-electron chi connectivity index (χ0n) is 17.0. The highest BCUT2D eigenvalue weighted by Crippen LogP contribution is 2.25. The van der Waals surface area contributed by atoms with E-state index in [4.69, 9.17) is 9.73 Å². The maximum atomic E-state index is 12.6. The van der Waals surface area contributed by atoms with Crippen LogP contribution in [0.5, 0.6) is 0 Å². The molecule has 4 heterocycles. The van der Waals surface area contributed by atoms with Crippen molar-refractivity contribution in [1.82, 2.24) is 14.8 Å². The van der Waals surface area contributed by atoms with E-state index in [1.54, 1.807) is 0 Å². The standard InChI is InChI=1S/C24H24N4O2/c1-16(17-5-3-2-4-6-17)7-22(29)9-20-8-18-10-26-24(23(18)12-25-20)19-11-27-28(13-19)21-14-30-15-21/h2-6,8,11-13,16,21H,7,9-10,14-15H2,1H3/t16-/m0/s1. The predicted octanol–water partition coefficient (Wildman–Crippen LogP) is 3.51. The lowest BCUT2D eigenvalue weighted by molar-refractivity contribution is -0.118. The van der Waals surface area contributed by atoms with Gasteiger partial charge in [0.2, 0.25) is 0 Å². The van der Waals surface area contributed by atoms with Crippen LogP contribution in [0.25, 0.3) is 0 Å². The lowest BCUT2D eigenvalue weighted by Gasteiger charge is -2.25. The van der Waals surface area contributed by atoms with Crippen molar-refractivity contribution in [2.75, 3.05) is 13.2 Å². The van der Waals surface area contributed by atoms with Crippen LogP contribution in [0.1, 0.15) is 53.3 Å². The fraction of sp³-hybridized carbons (Fsp3) is 0.333. The number of aliphatic imine (C=N–C) groups is 1. The second-order valence-corrected chi connectivity index (χ2v) is 8.13. The number of aromatic nitrogens is 3. The van der Waals surface area contributed by atoms with Crippen molar-refractivity contribution in [1.29, 1.82) is 0 Å². The first-order valence-corrected chi connectivity index (χ1v) is 10.4. The molecule has 0 unspecified atom stereocenters. The summed E-state index contributed by atoms with van der Waals surface area (Å²) in [5.74, 6) is 0.419. The van der Waals surface area contributed by atoms with Gasteiger partial charge in [0, 0.05) is 42.1 Å². The number of Topliss-reactive ketones (excluding diaryl/α,β-unsaturated/α-hetero) is 1. The fourth-order valence-electron chi connectivity index (χ4n) is 4.03. The molecule has 1 atom stereocenters. The number of pyridine rings is 1. The van der Waals surface area contributed by atoms with Crippen molar-refractivity contribution in [3.05, 3.63) is 82.9 Å². The first kappa shape index (κ1) is 18.9. The van der Waals surface area contributed by atoms with Gasteiger partial charge in [-0.25, -0.2) is 0 Å². The highest BCUT2D eigenvalue weighted by molar-refractivity contribution is 6.14. The Morgan fingerprint density at radius 1 is 1.23 bits per heavy atom. The third-order valence-corrected chi connectivity index (χ3v) is 5.86. The summed E-state index contributed by atoms with van der Waals surface area (Å²) in [6.45, 7) is 4.14. The third-order valence-electron chi connectivity index (χ3n) is 5.86. The molecule has 0 aliphatic carbocycles. The molecule has 6 heteroatoms. The van der Waals surface area contributed by atoms with Crippen LogP contribution in [-0.2, 0) is 22.5 Å². The second-order valence-electron chi connectivity index (χ2n) is 8.13. The lowest BCUT2D eigenvalue weighted by Crippen LogP contribution is -2.30. The zero-order valence-corrected chi connectivity index (χ0v) is 17.0. The maximum Gasteiger partial charge on any atom is 0.139 e. The fourth-order valence-corrected chi connectivity index (χ4v) is 4.03. The number of carbonyl (C=O) groups is 1. The predicted molar refractivity (Wildman–Crippen MR) is 114 cm³/mol. The first-order valence-electron chi connectivity index (χ1n) is 10.4. The summed E-state index contributed by atoms with van der Waals surface area (Å²) >= 11 is 0. The van der Waals surface area contributed by atoms with Gasteiger partial charge >= 0.3 is 0 Å². The van der Waals surface area contributed by atoms with Crippen LogP contribution in [-0.4, -0.2) is 39.5 Å². The monoisotopic (exact) mass is 400 g/mol. The molecule has 0 radical (unpaired) electrons. The molecule has 1 saturated heterocycles. The molecular formula is C24H24N4O2. The first-order chi connectivity index (χ1) is 14.7. The number of rotatable bonds is 7. The Morgan fingerprint density at radius 3 is 2.83 bits per heavy atom. The smallest absolute Gasteiger partial charge is 0.139 e. The largest absolute Gasteiger partial charge is 0.377 e.